The van der Waals surface area contributed by atoms with E-state index in [0.29, 0.717) is 18.4 Å². The van der Waals surface area contributed by atoms with Gasteiger partial charge in [-0.3, -0.25) is 4.79 Å². The van der Waals surface area contributed by atoms with Crippen molar-refractivity contribution in [1.82, 2.24) is 4.90 Å². The van der Waals surface area contributed by atoms with E-state index in [0.717, 1.165) is 32.2 Å². The Hall–Kier alpha value is -1.61. The topological polar surface area (TPSA) is 20.3 Å². The Morgan fingerprint density at radius 1 is 1.19 bits per heavy atom. The van der Waals surface area contributed by atoms with E-state index in [-0.39, 0.29) is 0 Å². The monoisotopic (exact) mass is 299 g/mol. The molecule has 2 nitrogen and oxygen atoms in total. The third-order valence-corrected chi connectivity index (χ3v) is 5.11. The van der Waals surface area contributed by atoms with Gasteiger partial charge in [0.15, 0.2) is 0 Å². The summed E-state index contributed by atoms with van der Waals surface area (Å²) in [5.41, 5.74) is 1.33. The Balaban J connectivity index is 1.57. The molecule has 1 aromatic heterocycles. The van der Waals surface area contributed by atoms with Gasteiger partial charge < -0.3 is 4.90 Å². The fraction of sp³-hybridized carbons (Fsp3) is 0.389. The van der Waals surface area contributed by atoms with E-state index in [9.17, 15) is 4.79 Å². The molecule has 21 heavy (non-hydrogen) atoms. The highest BCUT2D eigenvalue weighted by Gasteiger charge is 2.28. The summed E-state index contributed by atoms with van der Waals surface area (Å²) in [4.78, 5) is 15.9. The maximum Gasteiger partial charge on any atom is 0.223 e. The van der Waals surface area contributed by atoms with Crippen LogP contribution in [0.5, 0.6) is 0 Å². The maximum absolute atomic E-state index is 12.5. The number of nitrogens with zero attached hydrogens (tertiary/aromatic N) is 1. The van der Waals surface area contributed by atoms with E-state index in [2.05, 4.69) is 46.7 Å². The van der Waals surface area contributed by atoms with Gasteiger partial charge in [0.05, 0.1) is 0 Å². The number of hydrogen-bond donors (Lipinski definition) is 0. The molecule has 0 spiro atoms. The highest BCUT2D eigenvalue weighted by molar-refractivity contribution is 7.09. The fourth-order valence-corrected chi connectivity index (χ4v) is 3.80. The number of thiophene rings is 1. The van der Waals surface area contributed by atoms with Crippen LogP contribution >= 0.6 is 11.3 Å². The predicted molar refractivity (Wildman–Crippen MR) is 87.5 cm³/mol. The standard InChI is InChI=1S/C18H21NOS/c20-18(11-10-17-9-5-13-21-17)19-12-4-8-16(19)14-15-6-2-1-3-7-15/h1-3,5-7,9,13,16H,4,8,10-12,14H2. The van der Waals surface area contributed by atoms with E-state index >= 15 is 0 Å². The van der Waals surface area contributed by atoms with E-state index in [1.165, 1.54) is 10.4 Å². The molecule has 1 aromatic carbocycles. The van der Waals surface area contributed by atoms with Crippen LogP contribution in [-0.4, -0.2) is 23.4 Å². The Kier molecular flexibility index (Phi) is 4.71. The predicted octanol–water partition coefficient (Wildman–Crippen LogP) is 3.91. The van der Waals surface area contributed by atoms with Crippen molar-refractivity contribution in [3.63, 3.8) is 0 Å². The van der Waals surface area contributed by atoms with Crippen LogP contribution in [-0.2, 0) is 17.6 Å². The molecule has 0 bridgehead atoms. The third kappa shape index (κ3) is 3.73. The lowest BCUT2D eigenvalue weighted by Crippen LogP contribution is -2.36. The number of carbonyl (C=O) groups excluding carboxylic acids is 1. The lowest BCUT2D eigenvalue weighted by atomic mass is 10.0. The van der Waals surface area contributed by atoms with Crippen molar-refractivity contribution in [2.75, 3.05) is 6.54 Å². The molecule has 1 aliphatic heterocycles. The molecule has 0 radical (unpaired) electrons. The van der Waals surface area contributed by atoms with E-state index in [4.69, 9.17) is 0 Å². The first kappa shape index (κ1) is 14.3. The van der Waals surface area contributed by atoms with Gasteiger partial charge in [0.25, 0.3) is 0 Å². The van der Waals surface area contributed by atoms with Gasteiger partial charge in [-0.2, -0.15) is 0 Å². The summed E-state index contributed by atoms with van der Waals surface area (Å²) >= 11 is 1.74. The number of amides is 1. The molecule has 3 rings (SSSR count). The van der Waals surface area contributed by atoms with Crippen molar-refractivity contribution >= 4 is 17.2 Å². The fourth-order valence-electron chi connectivity index (χ4n) is 3.09. The first-order valence-corrected chi connectivity index (χ1v) is 8.56. The zero-order valence-electron chi connectivity index (χ0n) is 12.2. The van der Waals surface area contributed by atoms with Crippen molar-refractivity contribution in [2.45, 2.75) is 38.1 Å². The number of carbonyl (C=O) groups is 1. The van der Waals surface area contributed by atoms with Gasteiger partial charge in [-0.25, -0.2) is 0 Å². The van der Waals surface area contributed by atoms with E-state index in [1.54, 1.807) is 11.3 Å². The molecule has 1 amide bonds. The SMILES string of the molecule is O=C(CCc1cccs1)N1CCCC1Cc1ccccc1. The molecule has 2 heterocycles. The Labute approximate surface area is 130 Å². The minimum Gasteiger partial charge on any atom is -0.339 e. The average Bonchev–Trinajstić information content (AvgIpc) is 3.17. The zero-order valence-corrected chi connectivity index (χ0v) is 13.0. The van der Waals surface area contributed by atoms with Crippen LogP contribution in [0, 0.1) is 0 Å². The summed E-state index contributed by atoms with van der Waals surface area (Å²) in [6.45, 7) is 0.931. The Morgan fingerprint density at radius 3 is 2.81 bits per heavy atom. The van der Waals surface area contributed by atoms with Crippen LogP contribution in [0.2, 0.25) is 0 Å². The summed E-state index contributed by atoms with van der Waals surface area (Å²) in [6.07, 6.45) is 4.80. The second kappa shape index (κ2) is 6.90. The summed E-state index contributed by atoms with van der Waals surface area (Å²) < 4.78 is 0. The van der Waals surface area contributed by atoms with Crippen LogP contribution in [0.1, 0.15) is 29.7 Å². The van der Waals surface area contributed by atoms with E-state index in [1.807, 2.05) is 6.07 Å². The third-order valence-electron chi connectivity index (χ3n) is 4.18. The number of likely N-dealkylation sites (tertiary alicyclic amines) is 1. The van der Waals surface area contributed by atoms with Crippen molar-refractivity contribution < 1.29 is 4.79 Å². The van der Waals surface area contributed by atoms with E-state index < -0.39 is 0 Å². The van der Waals surface area contributed by atoms with Gasteiger partial charge >= 0.3 is 0 Å². The molecule has 2 aromatic rings. The Morgan fingerprint density at radius 2 is 2.05 bits per heavy atom. The molecule has 1 unspecified atom stereocenters. The molecule has 110 valence electrons. The van der Waals surface area contributed by atoms with Crippen LogP contribution in [0.25, 0.3) is 0 Å². The highest BCUT2D eigenvalue weighted by atomic mass is 32.1. The Bertz CT molecular complexity index is 564. The summed E-state index contributed by atoms with van der Waals surface area (Å²) in [7, 11) is 0. The van der Waals surface area contributed by atoms with Gasteiger partial charge in [0, 0.05) is 23.9 Å². The second-order valence-corrected chi connectivity index (χ2v) is 6.68. The molecular weight excluding hydrogens is 278 g/mol. The average molecular weight is 299 g/mol. The minimum atomic E-state index is 0.321. The van der Waals surface area contributed by atoms with Crippen LogP contribution in [0.3, 0.4) is 0 Å². The molecule has 0 N–H and O–H groups in total. The molecule has 1 atom stereocenters. The van der Waals surface area contributed by atoms with Crippen molar-refractivity contribution in [1.29, 1.82) is 0 Å². The highest BCUT2D eigenvalue weighted by Crippen LogP contribution is 2.23. The van der Waals surface area contributed by atoms with Crippen molar-refractivity contribution in [2.24, 2.45) is 0 Å². The van der Waals surface area contributed by atoms with Gasteiger partial charge in [0.1, 0.15) is 0 Å². The molecule has 1 saturated heterocycles. The minimum absolute atomic E-state index is 0.321. The molecule has 0 saturated carbocycles. The molecule has 0 aliphatic carbocycles. The van der Waals surface area contributed by atoms with Crippen LogP contribution < -0.4 is 0 Å². The largest absolute Gasteiger partial charge is 0.339 e. The lowest BCUT2D eigenvalue weighted by molar-refractivity contribution is -0.131. The first-order chi connectivity index (χ1) is 10.3. The normalized spacial score (nSPS) is 18.1. The number of hydrogen-bond acceptors (Lipinski definition) is 2. The number of benzene rings is 1. The lowest BCUT2D eigenvalue weighted by Gasteiger charge is -2.25. The van der Waals surface area contributed by atoms with Gasteiger partial charge in [-0.15, -0.1) is 11.3 Å². The van der Waals surface area contributed by atoms with Crippen molar-refractivity contribution in [3.05, 3.63) is 58.3 Å². The smallest absolute Gasteiger partial charge is 0.223 e. The summed E-state index contributed by atoms with van der Waals surface area (Å²) in [5, 5.41) is 2.08. The molecule has 1 fully saturated rings. The second-order valence-electron chi connectivity index (χ2n) is 5.65. The van der Waals surface area contributed by atoms with Crippen LogP contribution in [0.4, 0.5) is 0 Å². The summed E-state index contributed by atoms with van der Waals surface area (Å²) in [6, 6.07) is 15.1. The number of aryl methyl sites for hydroxylation is 1. The van der Waals surface area contributed by atoms with Crippen LogP contribution in [0.15, 0.2) is 47.8 Å². The molecular formula is C18H21NOS. The molecule has 3 heteroatoms. The first-order valence-electron chi connectivity index (χ1n) is 7.69. The van der Waals surface area contributed by atoms with Crippen molar-refractivity contribution in [3.8, 4) is 0 Å². The van der Waals surface area contributed by atoms with Gasteiger partial charge in [-0.1, -0.05) is 36.4 Å². The van der Waals surface area contributed by atoms with Gasteiger partial charge in [-0.05, 0) is 42.7 Å². The summed E-state index contributed by atoms with van der Waals surface area (Å²) in [5.74, 6) is 0.321. The maximum atomic E-state index is 12.5. The number of rotatable bonds is 5. The zero-order chi connectivity index (χ0) is 14.5. The molecule has 1 aliphatic rings. The quantitative estimate of drug-likeness (QED) is 0.819. The van der Waals surface area contributed by atoms with Gasteiger partial charge in [0.2, 0.25) is 5.91 Å².